The number of halogens is 3. The van der Waals surface area contributed by atoms with Crippen LogP contribution in [0.25, 0.3) is 22.3 Å². The molecule has 1 aliphatic heterocycles. The zero-order valence-electron chi connectivity index (χ0n) is 18.8. The fourth-order valence-corrected chi connectivity index (χ4v) is 4.11. The van der Waals surface area contributed by atoms with Crippen LogP contribution in [0.2, 0.25) is 0 Å². The Hall–Kier alpha value is -2.89. The predicted octanol–water partition coefficient (Wildman–Crippen LogP) is 7.63. The molecule has 0 spiro atoms. The fraction of sp³-hybridized carbons (Fsp3) is 0.286. The number of ether oxygens (including phenoxy) is 2. The van der Waals surface area contributed by atoms with Crippen LogP contribution in [0.5, 0.6) is 0 Å². The van der Waals surface area contributed by atoms with Gasteiger partial charge in [0.05, 0.1) is 13.2 Å². The largest absolute Gasteiger partial charge is 0.348 e. The Bertz CT molecular complexity index is 1130. The number of hydrogen-bond donors (Lipinski definition) is 0. The van der Waals surface area contributed by atoms with Crippen molar-refractivity contribution in [3.8, 4) is 22.3 Å². The highest BCUT2D eigenvalue weighted by atomic mass is 19.2. The minimum Gasteiger partial charge on any atom is -0.348 e. The van der Waals surface area contributed by atoms with Gasteiger partial charge in [0.1, 0.15) is 5.82 Å². The molecule has 0 atom stereocenters. The van der Waals surface area contributed by atoms with Gasteiger partial charge in [0, 0.05) is 22.6 Å². The van der Waals surface area contributed by atoms with Gasteiger partial charge in [0.25, 0.3) is 0 Å². The Balaban J connectivity index is 1.52. The average Bonchev–Trinajstić information content (AvgIpc) is 2.83. The number of allylic oxidation sites excluding steroid dienone is 1. The van der Waals surface area contributed by atoms with Gasteiger partial charge in [-0.1, -0.05) is 74.0 Å². The molecule has 172 valence electrons. The summed E-state index contributed by atoms with van der Waals surface area (Å²) in [6.45, 7) is 4.92. The summed E-state index contributed by atoms with van der Waals surface area (Å²) in [6, 6.07) is 14.9. The Kier molecular flexibility index (Phi) is 7.31. The van der Waals surface area contributed by atoms with E-state index in [0.29, 0.717) is 47.5 Å². The molecule has 3 aromatic carbocycles. The van der Waals surface area contributed by atoms with Crippen LogP contribution in [0.15, 0.2) is 66.7 Å². The van der Waals surface area contributed by atoms with Crippen molar-refractivity contribution in [2.75, 3.05) is 13.2 Å². The lowest BCUT2D eigenvalue weighted by atomic mass is 9.97. The summed E-state index contributed by atoms with van der Waals surface area (Å²) in [5.74, 6) is -1.85. The van der Waals surface area contributed by atoms with E-state index in [0.717, 1.165) is 6.42 Å². The van der Waals surface area contributed by atoms with Gasteiger partial charge in [-0.05, 0) is 36.1 Å². The minimum absolute atomic E-state index is 0.192. The second kappa shape index (κ2) is 10.4. The average molecular weight is 453 g/mol. The second-order valence-corrected chi connectivity index (χ2v) is 8.25. The van der Waals surface area contributed by atoms with Crippen molar-refractivity contribution in [2.24, 2.45) is 5.92 Å². The van der Waals surface area contributed by atoms with Crippen LogP contribution >= 0.6 is 0 Å². The molecule has 1 saturated heterocycles. The molecule has 3 aromatic rings. The maximum atomic E-state index is 14.9. The highest BCUT2D eigenvalue weighted by molar-refractivity contribution is 5.71. The zero-order valence-corrected chi connectivity index (χ0v) is 18.8. The first-order chi connectivity index (χ1) is 16.0. The van der Waals surface area contributed by atoms with Gasteiger partial charge in [-0.25, -0.2) is 13.2 Å². The third-order valence-corrected chi connectivity index (χ3v) is 5.84. The van der Waals surface area contributed by atoms with Crippen molar-refractivity contribution in [1.82, 2.24) is 0 Å². The monoisotopic (exact) mass is 452 g/mol. The van der Waals surface area contributed by atoms with Gasteiger partial charge in [-0.15, -0.1) is 0 Å². The molecule has 1 aliphatic rings. The van der Waals surface area contributed by atoms with Crippen molar-refractivity contribution in [3.63, 3.8) is 0 Å². The van der Waals surface area contributed by atoms with Gasteiger partial charge >= 0.3 is 0 Å². The van der Waals surface area contributed by atoms with E-state index in [-0.39, 0.29) is 11.5 Å². The van der Waals surface area contributed by atoms with Gasteiger partial charge < -0.3 is 9.47 Å². The summed E-state index contributed by atoms with van der Waals surface area (Å²) in [6.07, 6.45) is 4.63. The SMILES string of the molecule is C/C=C/C1COC(c2ccc(-c3ccc(-c4ccc(CCC)c(F)c4F)cc3)c(F)c2)OC1. The lowest BCUT2D eigenvalue weighted by Gasteiger charge is -2.28. The summed E-state index contributed by atoms with van der Waals surface area (Å²) in [4.78, 5) is 0. The molecule has 2 nitrogen and oxygen atoms in total. The van der Waals surface area contributed by atoms with E-state index in [9.17, 15) is 13.2 Å². The molecule has 1 heterocycles. The summed E-state index contributed by atoms with van der Waals surface area (Å²) in [5, 5.41) is 0. The van der Waals surface area contributed by atoms with Crippen molar-refractivity contribution in [3.05, 3.63) is 95.3 Å². The molecular weight excluding hydrogens is 425 g/mol. The molecule has 0 bridgehead atoms. The molecule has 0 unspecified atom stereocenters. The van der Waals surface area contributed by atoms with Crippen LogP contribution in [-0.4, -0.2) is 13.2 Å². The summed E-state index contributed by atoms with van der Waals surface area (Å²) < 4.78 is 55.3. The topological polar surface area (TPSA) is 18.5 Å². The highest BCUT2D eigenvalue weighted by Crippen LogP contribution is 2.32. The van der Waals surface area contributed by atoms with Crippen LogP contribution in [0.3, 0.4) is 0 Å². The van der Waals surface area contributed by atoms with Crippen molar-refractivity contribution in [2.45, 2.75) is 33.0 Å². The van der Waals surface area contributed by atoms with Gasteiger partial charge in [0.15, 0.2) is 17.9 Å². The summed E-state index contributed by atoms with van der Waals surface area (Å²) in [5.41, 5.74) is 2.78. The summed E-state index contributed by atoms with van der Waals surface area (Å²) >= 11 is 0. The second-order valence-electron chi connectivity index (χ2n) is 8.25. The third kappa shape index (κ3) is 5.05. The molecule has 0 saturated carbocycles. The molecule has 0 aromatic heterocycles. The molecule has 5 heteroatoms. The number of rotatable bonds is 6. The Morgan fingerprint density at radius 1 is 0.848 bits per heavy atom. The van der Waals surface area contributed by atoms with E-state index in [2.05, 4.69) is 0 Å². The molecule has 0 N–H and O–H groups in total. The molecule has 0 amide bonds. The normalized spacial score (nSPS) is 18.7. The third-order valence-electron chi connectivity index (χ3n) is 5.84. The van der Waals surface area contributed by atoms with E-state index in [1.165, 1.54) is 6.07 Å². The maximum Gasteiger partial charge on any atom is 0.183 e. The van der Waals surface area contributed by atoms with Crippen LogP contribution in [0.4, 0.5) is 13.2 Å². The number of benzene rings is 3. The molecule has 1 fully saturated rings. The Morgan fingerprint density at radius 2 is 1.48 bits per heavy atom. The first-order valence-corrected chi connectivity index (χ1v) is 11.2. The number of aryl methyl sites for hydroxylation is 1. The van der Waals surface area contributed by atoms with Gasteiger partial charge in [0.2, 0.25) is 0 Å². The molecular formula is C28H27F3O2. The lowest BCUT2D eigenvalue weighted by Crippen LogP contribution is -2.25. The van der Waals surface area contributed by atoms with Gasteiger partial charge in [-0.3, -0.25) is 0 Å². The van der Waals surface area contributed by atoms with Crippen LogP contribution in [-0.2, 0) is 15.9 Å². The predicted molar refractivity (Wildman–Crippen MR) is 124 cm³/mol. The molecule has 0 aliphatic carbocycles. The van der Waals surface area contributed by atoms with E-state index in [1.54, 1.807) is 48.5 Å². The van der Waals surface area contributed by atoms with E-state index in [1.807, 2.05) is 26.0 Å². The first kappa shape index (κ1) is 23.3. The highest BCUT2D eigenvalue weighted by Gasteiger charge is 2.23. The zero-order chi connectivity index (χ0) is 23.4. The van der Waals surface area contributed by atoms with Crippen molar-refractivity contribution >= 4 is 0 Å². The quantitative estimate of drug-likeness (QED) is 0.358. The van der Waals surface area contributed by atoms with E-state index in [4.69, 9.17) is 9.47 Å². The van der Waals surface area contributed by atoms with Crippen LogP contribution in [0.1, 0.15) is 37.7 Å². The van der Waals surface area contributed by atoms with Crippen molar-refractivity contribution in [1.29, 1.82) is 0 Å². The Morgan fingerprint density at radius 3 is 2.09 bits per heavy atom. The molecule has 4 rings (SSSR count). The van der Waals surface area contributed by atoms with Gasteiger partial charge in [-0.2, -0.15) is 0 Å². The van der Waals surface area contributed by atoms with E-state index >= 15 is 0 Å². The smallest absolute Gasteiger partial charge is 0.183 e. The standard InChI is InChI=1S/C28H27F3O2/c1-3-5-18-16-32-28(33-17-18)22-12-13-23(25(29)15-22)19-7-9-20(10-8-19)24-14-11-21(6-4-2)26(30)27(24)31/h3,5,7-15,18,28H,4,6,16-17H2,1-2H3/b5-3+. The maximum absolute atomic E-state index is 14.9. The van der Waals surface area contributed by atoms with E-state index < -0.39 is 23.7 Å². The van der Waals surface area contributed by atoms with Crippen molar-refractivity contribution < 1.29 is 22.6 Å². The number of hydrogen-bond acceptors (Lipinski definition) is 2. The van der Waals surface area contributed by atoms with Crippen LogP contribution < -0.4 is 0 Å². The Labute approximate surface area is 192 Å². The first-order valence-electron chi connectivity index (χ1n) is 11.2. The molecule has 33 heavy (non-hydrogen) atoms. The fourth-order valence-electron chi connectivity index (χ4n) is 4.11. The molecule has 0 radical (unpaired) electrons. The summed E-state index contributed by atoms with van der Waals surface area (Å²) in [7, 11) is 0. The van der Waals surface area contributed by atoms with Crippen LogP contribution in [0, 0.1) is 23.4 Å². The minimum atomic E-state index is -0.853. The lowest BCUT2D eigenvalue weighted by molar-refractivity contribution is -0.197.